The van der Waals surface area contributed by atoms with Gasteiger partial charge in [-0.3, -0.25) is 9.59 Å². The van der Waals surface area contributed by atoms with Crippen molar-refractivity contribution in [2.24, 2.45) is 0 Å². The van der Waals surface area contributed by atoms with E-state index >= 15 is 0 Å². The van der Waals surface area contributed by atoms with Gasteiger partial charge in [-0.2, -0.15) is 0 Å². The zero-order chi connectivity index (χ0) is 24.2. The topological polar surface area (TPSA) is 84.0 Å². The number of hydrogen-bond donors (Lipinski definition) is 1. The van der Waals surface area contributed by atoms with Gasteiger partial charge >= 0.3 is 0 Å². The Kier molecular flexibility index (Phi) is 6.96. The molecule has 1 saturated heterocycles. The molecule has 1 unspecified atom stereocenters. The number of nitrogens with one attached hydrogen (secondary N) is 1. The minimum Gasteiger partial charge on any atom is -0.477 e. The quantitative estimate of drug-likeness (QED) is 0.569. The molecular formula is C26H28N4O4S. The molecule has 1 atom stereocenters. The van der Waals surface area contributed by atoms with Crippen LogP contribution in [0.25, 0.3) is 0 Å². The molecule has 0 bridgehead atoms. The highest BCUT2D eigenvalue weighted by Crippen LogP contribution is 2.34. The molecule has 0 spiro atoms. The van der Waals surface area contributed by atoms with E-state index < -0.39 is 6.10 Å². The summed E-state index contributed by atoms with van der Waals surface area (Å²) in [5, 5.41) is 5.65. The molecule has 35 heavy (non-hydrogen) atoms. The van der Waals surface area contributed by atoms with Gasteiger partial charge in [-0.15, -0.1) is 11.3 Å². The van der Waals surface area contributed by atoms with Gasteiger partial charge < -0.3 is 24.6 Å². The van der Waals surface area contributed by atoms with Crippen molar-refractivity contribution >= 4 is 34.5 Å². The normalized spacial score (nSPS) is 17.5. The molecule has 3 heterocycles. The lowest BCUT2D eigenvalue weighted by atomic mass is 10.1. The molecule has 5 rings (SSSR count). The Morgan fingerprint density at radius 1 is 1.11 bits per heavy atom. The van der Waals surface area contributed by atoms with Crippen molar-refractivity contribution in [1.29, 1.82) is 0 Å². The second kappa shape index (κ2) is 10.5. The van der Waals surface area contributed by atoms with E-state index in [2.05, 4.69) is 10.2 Å². The van der Waals surface area contributed by atoms with Gasteiger partial charge in [0.1, 0.15) is 10.8 Å². The lowest BCUT2D eigenvalue weighted by molar-refractivity contribution is -0.142. The molecule has 0 aliphatic carbocycles. The Morgan fingerprint density at radius 3 is 2.69 bits per heavy atom. The summed E-state index contributed by atoms with van der Waals surface area (Å²) in [4.78, 5) is 34.2. The van der Waals surface area contributed by atoms with Crippen LogP contribution in [0.1, 0.15) is 16.3 Å². The van der Waals surface area contributed by atoms with Gasteiger partial charge in [0.15, 0.2) is 6.10 Å². The van der Waals surface area contributed by atoms with Gasteiger partial charge in [0.2, 0.25) is 5.91 Å². The fraction of sp³-hybridized carbons (Fsp3) is 0.346. The molecule has 0 radical (unpaired) electrons. The Labute approximate surface area is 208 Å². The van der Waals surface area contributed by atoms with Crippen molar-refractivity contribution in [1.82, 2.24) is 9.88 Å². The SMILES string of the molecule is Cc1ccc(NC(=O)Cc2nc(CN3CC(C(=O)N4CCOCC4)Oc4ccccc43)cs2)cc1. The number of aryl methyl sites for hydroxylation is 1. The van der Waals surface area contributed by atoms with Crippen molar-refractivity contribution in [2.45, 2.75) is 26.0 Å². The predicted molar refractivity (Wildman–Crippen MR) is 135 cm³/mol. The summed E-state index contributed by atoms with van der Waals surface area (Å²) in [5.41, 5.74) is 3.72. The molecular weight excluding hydrogens is 464 g/mol. The van der Waals surface area contributed by atoms with Crippen molar-refractivity contribution in [3.8, 4) is 5.75 Å². The first kappa shape index (κ1) is 23.3. The lowest BCUT2D eigenvalue weighted by Gasteiger charge is -2.38. The molecule has 8 nitrogen and oxygen atoms in total. The van der Waals surface area contributed by atoms with Crippen LogP contribution in [0, 0.1) is 6.92 Å². The van der Waals surface area contributed by atoms with Crippen molar-refractivity contribution in [2.75, 3.05) is 43.1 Å². The molecule has 2 aliphatic rings. The molecule has 182 valence electrons. The van der Waals surface area contributed by atoms with Crippen LogP contribution < -0.4 is 15.0 Å². The average molecular weight is 493 g/mol. The number of ether oxygens (including phenoxy) is 2. The van der Waals surface area contributed by atoms with Crippen LogP contribution in [0.15, 0.2) is 53.9 Å². The number of nitrogens with zero attached hydrogens (tertiary/aromatic N) is 3. The highest BCUT2D eigenvalue weighted by Gasteiger charge is 2.34. The van der Waals surface area contributed by atoms with E-state index in [1.807, 2.05) is 65.7 Å². The highest BCUT2D eigenvalue weighted by molar-refractivity contribution is 7.09. The molecule has 2 aromatic carbocycles. The second-order valence-electron chi connectivity index (χ2n) is 8.72. The number of benzene rings is 2. The Hall–Kier alpha value is -3.43. The van der Waals surface area contributed by atoms with E-state index in [1.54, 1.807) is 0 Å². The lowest BCUT2D eigenvalue weighted by Crippen LogP contribution is -2.52. The van der Waals surface area contributed by atoms with Crippen LogP contribution in [-0.4, -0.2) is 60.7 Å². The Morgan fingerprint density at radius 2 is 1.89 bits per heavy atom. The maximum Gasteiger partial charge on any atom is 0.265 e. The molecule has 2 amide bonds. The largest absolute Gasteiger partial charge is 0.477 e. The summed E-state index contributed by atoms with van der Waals surface area (Å²) in [6, 6.07) is 15.5. The van der Waals surface area contributed by atoms with Gasteiger partial charge in [-0.25, -0.2) is 4.98 Å². The van der Waals surface area contributed by atoms with Crippen LogP contribution in [0.3, 0.4) is 0 Å². The third-order valence-corrected chi connectivity index (χ3v) is 6.96. The first-order chi connectivity index (χ1) is 17.0. The summed E-state index contributed by atoms with van der Waals surface area (Å²) in [7, 11) is 0. The van der Waals surface area contributed by atoms with Gasteiger partial charge in [0.05, 0.1) is 44.1 Å². The fourth-order valence-corrected chi connectivity index (χ4v) is 5.03. The average Bonchev–Trinajstić information content (AvgIpc) is 3.31. The molecule has 1 aromatic heterocycles. The number of amides is 2. The minimum absolute atomic E-state index is 0.0143. The summed E-state index contributed by atoms with van der Waals surface area (Å²) in [6.07, 6.45) is -0.363. The van der Waals surface area contributed by atoms with Crippen LogP contribution in [0.4, 0.5) is 11.4 Å². The fourth-order valence-electron chi connectivity index (χ4n) is 4.25. The minimum atomic E-state index is -0.582. The van der Waals surface area contributed by atoms with Gasteiger partial charge in [0.25, 0.3) is 5.91 Å². The third-order valence-electron chi connectivity index (χ3n) is 6.06. The third kappa shape index (κ3) is 5.63. The standard InChI is InChI=1S/C26H28N4O4S/c1-18-6-8-19(9-7-18)27-24(31)14-25-28-20(17-35-25)15-30-16-23(26(32)29-10-12-33-13-11-29)34-22-5-3-2-4-21(22)30/h2-9,17,23H,10-16H2,1H3,(H,27,31). The number of fused-ring (bicyclic) bond motifs is 1. The van der Waals surface area contributed by atoms with Crippen LogP contribution in [-0.2, 0) is 27.3 Å². The number of carbonyl (C=O) groups is 2. The molecule has 2 aliphatic heterocycles. The van der Waals surface area contributed by atoms with Crippen LogP contribution >= 0.6 is 11.3 Å². The Bertz CT molecular complexity index is 1190. The number of anilines is 2. The number of hydrogen-bond acceptors (Lipinski definition) is 7. The van der Waals surface area contributed by atoms with Crippen molar-refractivity contribution in [3.05, 3.63) is 70.2 Å². The van der Waals surface area contributed by atoms with Crippen molar-refractivity contribution in [3.63, 3.8) is 0 Å². The molecule has 3 aromatic rings. The van der Waals surface area contributed by atoms with Gasteiger partial charge in [-0.05, 0) is 31.2 Å². The van der Waals surface area contributed by atoms with Crippen LogP contribution in [0.5, 0.6) is 5.75 Å². The molecule has 1 N–H and O–H groups in total. The first-order valence-corrected chi connectivity index (χ1v) is 12.6. The number of morpholine rings is 1. The summed E-state index contributed by atoms with van der Waals surface area (Å²) in [6.45, 7) is 5.25. The smallest absolute Gasteiger partial charge is 0.265 e. The Balaban J connectivity index is 1.25. The maximum absolute atomic E-state index is 13.1. The number of rotatable bonds is 6. The van der Waals surface area contributed by atoms with Gasteiger partial charge in [0, 0.05) is 24.2 Å². The zero-order valence-corrected chi connectivity index (χ0v) is 20.4. The molecule has 1 fully saturated rings. The van der Waals surface area contributed by atoms with E-state index in [0.717, 1.165) is 27.6 Å². The van der Waals surface area contributed by atoms with Crippen molar-refractivity contribution < 1.29 is 19.1 Å². The number of thiazole rings is 1. The van der Waals surface area contributed by atoms with E-state index in [1.165, 1.54) is 11.3 Å². The summed E-state index contributed by atoms with van der Waals surface area (Å²) >= 11 is 1.47. The summed E-state index contributed by atoms with van der Waals surface area (Å²) < 4.78 is 11.5. The summed E-state index contributed by atoms with van der Waals surface area (Å²) in [5.74, 6) is 0.584. The predicted octanol–water partition coefficient (Wildman–Crippen LogP) is 3.26. The number of para-hydroxylation sites is 2. The maximum atomic E-state index is 13.1. The van der Waals surface area contributed by atoms with E-state index in [0.29, 0.717) is 45.1 Å². The van der Waals surface area contributed by atoms with E-state index in [4.69, 9.17) is 14.5 Å². The van der Waals surface area contributed by atoms with Crippen LogP contribution in [0.2, 0.25) is 0 Å². The zero-order valence-electron chi connectivity index (χ0n) is 19.6. The molecule has 0 saturated carbocycles. The molecule has 9 heteroatoms. The second-order valence-corrected chi connectivity index (χ2v) is 9.66. The van der Waals surface area contributed by atoms with E-state index in [9.17, 15) is 9.59 Å². The van der Waals surface area contributed by atoms with Gasteiger partial charge in [-0.1, -0.05) is 29.8 Å². The first-order valence-electron chi connectivity index (χ1n) is 11.7. The highest BCUT2D eigenvalue weighted by atomic mass is 32.1. The van der Waals surface area contributed by atoms with E-state index in [-0.39, 0.29) is 18.2 Å². The number of aromatic nitrogens is 1. The monoisotopic (exact) mass is 492 g/mol. The number of carbonyl (C=O) groups excluding carboxylic acids is 2.